The maximum Gasteiger partial charge on any atom is 0.194 e. The van der Waals surface area contributed by atoms with Crippen LogP contribution in [0.5, 0.6) is 0 Å². The Kier molecular flexibility index (Phi) is 3.74. The summed E-state index contributed by atoms with van der Waals surface area (Å²) in [6.45, 7) is 0. The number of hydrogen-bond donors (Lipinski definition) is 1. The van der Waals surface area contributed by atoms with Crippen LogP contribution in [0.2, 0.25) is 0 Å². The maximum atomic E-state index is 12.3. The quantitative estimate of drug-likeness (QED) is 0.730. The molecule has 102 valence electrons. The SMILES string of the molecule is O=C(c1ccccc1)c1ccc(Nc2ccccc2)nc1. The van der Waals surface area contributed by atoms with Gasteiger partial charge in [0.1, 0.15) is 5.82 Å². The molecule has 0 atom stereocenters. The predicted octanol–water partition coefficient (Wildman–Crippen LogP) is 4.06. The van der Waals surface area contributed by atoms with Crippen molar-refractivity contribution < 1.29 is 4.79 Å². The summed E-state index contributed by atoms with van der Waals surface area (Å²) in [6, 6.07) is 22.6. The van der Waals surface area contributed by atoms with E-state index in [1.165, 1.54) is 0 Å². The molecule has 0 aliphatic carbocycles. The number of carbonyl (C=O) groups excluding carboxylic acids is 1. The fraction of sp³-hybridized carbons (Fsp3) is 0. The van der Waals surface area contributed by atoms with Crippen LogP contribution in [0.25, 0.3) is 0 Å². The highest BCUT2D eigenvalue weighted by atomic mass is 16.1. The fourth-order valence-corrected chi connectivity index (χ4v) is 2.03. The van der Waals surface area contributed by atoms with Crippen molar-refractivity contribution in [3.63, 3.8) is 0 Å². The van der Waals surface area contributed by atoms with Gasteiger partial charge in [0.15, 0.2) is 5.78 Å². The molecule has 3 nitrogen and oxygen atoms in total. The molecule has 1 heterocycles. The molecule has 0 unspecified atom stereocenters. The first kappa shape index (κ1) is 13.1. The molecule has 0 fully saturated rings. The molecular formula is C18H14N2O. The number of nitrogens with zero attached hydrogens (tertiary/aromatic N) is 1. The Hall–Kier alpha value is -2.94. The minimum absolute atomic E-state index is 0.0191. The molecule has 2 aromatic carbocycles. The minimum Gasteiger partial charge on any atom is -0.340 e. The van der Waals surface area contributed by atoms with Crippen molar-refractivity contribution in [3.05, 3.63) is 90.1 Å². The van der Waals surface area contributed by atoms with Gasteiger partial charge in [0.2, 0.25) is 0 Å². The van der Waals surface area contributed by atoms with E-state index in [1.807, 2.05) is 54.6 Å². The van der Waals surface area contributed by atoms with Gasteiger partial charge < -0.3 is 5.32 Å². The molecule has 3 aromatic rings. The Morgan fingerprint density at radius 2 is 1.43 bits per heavy atom. The maximum absolute atomic E-state index is 12.3. The normalized spacial score (nSPS) is 10.1. The average molecular weight is 274 g/mol. The molecule has 0 bridgehead atoms. The van der Waals surface area contributed by atoms with E-state index >= 15 is 0 Å². The van der Waals surface area contributed by atoms with Crippen molar-refractivity contribution in [2.75, 3.05) is 5.32 Å². The van der Waals surface area contributed by atoms with E-state index < -0.39 is 0 Å². The molecule has 3 heteroatoms. The van der Waals surface area contributed by atoms with Gasteiger partial charge in [0, 0.05) is 23.0 Å². The lowest BCUT2D eigenvalue weighted by molar-refractivity contribution is 0.103. The van der Waals surface area contributed by atoms with Gasteiger partial charge in [-0.1, -0.05) is 48.5 Å². The van der Waals surface area contributed by atoms with Crippen LogP contribution in [0.4, 0.5) is 11.5 Å². The van der Waals surface area contributed by atoms with Gasteiger partial charge >= 0.3 is 0 Å². The number of pyridine rings is 1. The van der Waals surface area contributed by atoms with E-state index in [0.29, 0.717) is 16.9 Å². The third kappa shape index (κ3) is 3.15. The summed E-state index contributed by atoms with van der Waals surface area (Å²) in [5.74, 6) is 0.695. The number of aromatic nitrogens is 1. The smallest absolute Gasteiger partial charge is 0.194 e. The van der Waals surface area contributed by atoms with Crippen LogP contribution in [-0.2, 0) is 0 Å². The molecule has 0 saturated carbocycles. The van der Waals surface area contributed by atoms with Gasteiger partial charge in [0.25, 0.3) is 0 Å². The number of hydrogen-bond acceptors (Lipinski definition) is 3. The first-order valence-electron chi connectivity index (χ1n) is 6.71. The van der Waals surface area contributed by atoms with Crippen LogP contribution in [0.1, 0.15) is 15.9 Å². The van der Waals surface area contributed by atoms with Crippen LogP contribution in [0, 0.1) is 0 Å². The summed E-state index contributed by atoms with van der Waals surface area (Å²) in [6.07, 6.45) is 1.60. The topological polar surface area (TPSA) is 42.0 Å². The van der Waals surface area contributed by atoms with E-state index in [1.54, 1.807) is 24.4 Å². The van der Waals surface area contributed by atoms with Crippen molar-refractivity contribution in [1.82, 2.24) is 4.98 Å². The van der Waals surface area contributed by atoms with Crippen molar-refractivity contribution in [1.29, 1.82) is 0 Å². The number of para-hydroxylation sites is 1. The molecule has 0 amide bonds. The van der Waals surface area contributed by atoms with E-state index in [2.05, 4.69) is 10.3 Å². The largest absolute Gasteiger partial charge is 0.340 e. The van der Waals surface area contributed by atoms with Crippen molar-refractivity contribution >= 4 is 17.3 Å². The summed E-state index contributed by atoms with van der Waals surface area (Å²) in [7, 11) is 0. The van der Waals surface area contributed by atoms with E-state index in [0.717, 1.165) is 5.69 Å². The second-order valence-electron chi connectivity index (χ2n) is 4.62. The summed E-state index contributed by atoms with van der Waals surface area (Å²) in [5, 5.41) is 3.19. The molecule has 0 saturated heterocycles. The van der Waals surface area contributed by atoms with Crippen molar-refractivity contribution in [2.24, 2.45) is 0 Å². The molecule has 0 spiro atoms. The van der Waals surface area contributed by atoms with Gasteiger partial charge in [-0.15, -0.1) is 0 Å². The standard InChI is InChI=1S/C18H14N2O/c21-18(14-7-3-1-4-8-14)15-11-12-17(19-13-15)20-16-9-5-2-6-10-16/h1-13H,(H,19,20). The van der Waals surface area contributed by atoms with Crippen LogP contribution in [0.15, 0.2) is 79.0 Å². The number of benzene rings is 2. The number of anilines is 2. The van der Waals surface area contributed by atoms with Crippen LogP contribution < -0.4 is 5.32 Å². The van der Waals surface area contributed by atoms with Crippen molar-refractivity contribution in [3.8, 4) is 0 Å². The monoisotopic (exact) mass is 274 g/mol. The summed E-state index contributed by atoms with van der Waals surface area (Å²) in [4.78, 5) is 16.5. The van der Waals surface area contributed by atoms with Crippen LogP contribution >= 0.6 is 0 Å². The van der Waals surface area contributed by atoms with Gasteiger partial charge in [-0.2, -0.15) is 0 Å². The molecule has 21 heavy (non-hydrogen) atoms. The number of nitrogens with one attached hydrogen (secondary N) is 1. The third-order valence-electron chi connectivity index (χ3n) is 3.11. The van der Waals surface area contributed by atoms with Gasteiger partial charge in [-0.05, 0) is 24.3 Å². The third-order valence-corrected chi connectivity index (χ3v) is 3.11. The fourth-order valence-electron chi connectivity index (χ4n) is 2.03. The number of carbonyl (C=O) groups is 1. The molecule has 3 rings (SSSR count). The van der Waals surface area contributed by atoms with E-state index in [-0.39, 0.29) is 5.78 Å². The number of rotatable bonds is 4. The molecule has 1 N–H and O–H groups in total. The Labute approximate surface area is 123 Å². The minimum atomic E-state index is -0.0191. The zero-order valence-corrected chi connectivity index (χ0v) is 11.4. The first-order valence-corrected chi connectivity index (χ1v) is 6.71. The second-order valence-corrected chi connectivity index (χ2v) is 4.62. The highest BCUT2D eigenvalue weighted by molar-refractivity contribution is 6.08. The van der Waals surface area contributed by atoms with Crippen LogP contribution in [-0.4, -0.2) is 10.8 Å². The average Bonchev–Trinajstić information content (AvgIpc) is 2.57. The molecule has 0 aliphatic rings. The van der Waals surface area contributed by atoms with Gasteiger partial charge in [0.05, 0.1) is 0 Å². The lowest BCUT2D eigenvalue weighted by atomic mass is 10.1. The Morgan fingerprint density at radius 1 is 0.762 bits per heavy atom. The van der Waals surface area contributed by atoms with E-state index in [4.69, 9.17) is 0 Å². The molecule has 1 aromatic heterocycles. The van der Waals surface area contributed by atoms with Gasteiger partial charge in [-0.25, -0.2) is 4.98 Å². The lowest BCUT2D eigenvalue weighted by Crippen LogP contribution is -2.02. The summed E-state index contributed by atoms with van der Waals surface area (Å²) >= 11 is 0. The zero-order valence-electron chi connectivity index (χ0n) is 11.4. The summed E-state index contributed by atoms with van der Waals surface area (Å²) < 4.78 is 0. The Morgan fingerprint density at radius 3 is 2.05 bits per heavy atom. The zero-order chi connectivity index (χ0) is 14.5. The lowest BCUT2D eigenvalue weighted by Gasteiger charge is -2.06. The highest BCUT2D eigenvalue weighted by Crippen LogP contribution is 2.15. The molecule has 0 radical (unpaired) electrons. The Bertz CT molecular complexity index is 722. The van der Waals surface area contributed by atoms with Crippen LogP contribution in [0.3, 0.4) is 0 Å². The highest BCUT2D eigenvalue weighted by Gasteiger charge is 2.08. The predicted molar refractivity (Wildman–Crippen MR) is 83.8 cm³/mol. The first-order chi connectivity index (χ1) is 10.3. The molecule has 0 aliphatic heterocycles. The number of ketones is 1. The summed E-state index contributed by atoms with van der Waals surface area (Å²) in [5.41, 5.74) is 2.22. The second kappa shape index (κ2) is 6.01. The van der Waals surface area contributed by atoms with Crippen molar-refractivity contribution in [2.45, 2.75) is 0 Å². The molecular weight excluding hydrogens is 260 g/mol. The van der Waals surface area contributed by atoms with Gasteiger partial charge in [-0.3, -0.25) is 4.79 Å². The Balaban J connectivity index is 1.77. The van der Waals surface area contributed by atoms with E-state index in [9.17, 15) is 4.79 Å².